The minimum Gasteiger partial charge on any atom is -0.497 e. The van der Waals surface area contributed by atoms with Crippen molar-refractivity contribution in [3.8, 4) is 5.75 Å². The maximum Gasteiger partial charge on any atom is 0.280 e. The zero-order valence-corrected chi connectivity index (χ0v) is 19.5. The van der Waals surface area contributed by atoms with Gasteiger partial charge in [-0.1, -0.05) is 23.9 Å². The van der Waals surface area contributed by atoms with Gasteiger partial charge in [-0.25, -0.2) is 4.98 Å². The fourth-order valence-electron chi connectivity index (χ4n) is 3.46. The molecule has 4 aromatic rings. The van der Waals surface area contributed by atoms with Gasteiger partial charge in [0, 0.05) is 6.54 Å². The van der Waals surface area contributed by atoms with Crippen LogP contribution in [-0.4, -0.2) is 38.1 Å². The van der Waals surface area contributed by atoms with Crippen LogP contribution in [0.2, 0.25) is 0 Å². The summed E-state index contributed by atoms with van der Waals surface area (Å²) in [4.78, 5) is 30.6. The molecule has 0 spiro atoms. The number of benzene rings is 1. The average Bonchev–Trinajstić information content (AvgIpc) is 3.46. The summed E-state index contributed by atoms with van der Waals surface area (Å²) in [7, 11) is 1.61. The molecule has 0 aliphatic rings. The number of hydrogen-bond donors (Lipinski definition) is 1. The van der Waals surface area contributed by atoms with Crippen molar-refractivity contribution in [2.45, 2.75) is 38.6 Å². The van der Waals surface area contributed by atoms with Crippen molar-refractivity contribution >= 4 is 28.7 Å². The minimum atomic E-state index is -0.184. The predicted octanol–water partition coefficient (Wildman–Crippen LogP) is 2.98. The van der Waals surface area contributed by atoms with Crippen LogP contribution in [0.3, 0.4) is 0 Å². The number of carbonyl (C=O) groups is 1. The SMILES string of the molecule is CCn1nc(C)c2nc(SCC(=O)NCc3ccco3)n(Cc3ccc(OC)cc3)c(=O)c21. The molecule has 0 unspecified atom stereocenters. The largest absolute Gasteiger partial charge is 0.497 e. The number of methoxy groups -OCH3 is 1. The van der Waals surface area contributed by atoms with E-state index in [1.54, 1.807) is 34.8 Å². The molecule has 0 saturated carbocycles. The summed E-state index contributed by atoms with van der Waals surface area (Å²) in [6.45, 7) is 4.95. The summed E-state index contributed by atoms with van der Waals surface area (Å²) in [6.07, 6.45) is 1.56. The molecule has 1 amide bonds. The highest BCUT2D eigenvalue weighted by Gasteiger charge is 2.19. The molecule has 10 heteroatoms. The molecule has 0 saturated heterocycles. The Bertz CT molecular complexity index is 1310. The van der Waals surface area contributed by atoms with Crippen molar-refractivity contribution in [3.05, 3.63) is 70.0 Å². The maximum atomic E-state index is 13.5. The molecule has 9 nitrogen and oxygen atoms in total. The van der Waals surface area contributed by atoms with Crippen LogP contribution < -0.4 is 15.6 Å². The van der Waals surface area contributed by atoms with Gasteiger partial charge in [0.2, 0.25) is 5.91 Å². The molecule has 0 aliphatic heterocycles. The zero-order valence-electron chi connectivity index (χ0n) is 18.7. The fourth-order valence-corrected chi connectivity index (χ4v) is 4.28. The van der Waals surface area contributed by atoms with E-state index in [4.69, 9.17) is 14.1 Å². The van der Waals surface area contributed by atoms with E-state index in [1.807, 2.05) is 38.1 Å². The number of nitrogens with zero attached hydrogens (tertiary/aromatic N) is 4. The monoisotopic (exact) mass is 467 g/mol. The molecule has 0 atom stereocenters. The van der Waals surface area contributed by atoms with E-state index in [2.05, 4.69) is 10.4 Å². The van der Waals surface area contributed by atoms with Gasteiger partial charge < -0.3 is 14.5 Å². The number of carbonyl (C=O) groups excluding carboxylic acids is 1. The van der Waals surface area contributed by atoms with Crippen molar-refractivity contribution in [3.63, 3.8) is 0 Å². The van der Waals surface area contributed by atoms with Crippen LogP contribution in [0.15, 0.2) is 57.0 Å². The molecule has 0 fully saturated rings. The van der Waals surface area contributed by atoms with Crippen LogP contribution in [-0.2, 0) is 24.4 Å². The number of fused-ring (bicyclic) bond motifs is 1. The van der Waals surface area contributed by atoms with E-state index in [9.17, 15) is 9.59 Å². The van der Waals surface area contributed by atoms with Crippen molar-refractivity contribution < 1.29 is 13.9 Å². The fraction of sp³-hybridized carbons (Fsp3) is 0.304. The van der Waals surface area contributed by atoms with Crippen molar-refractivity contribution in [1.82, 2.24) is 24.6 Å². The van der Waals surface area contributed by atoms with Gasteiger partial charge in [-0.2, -0.15) is 5.10 Å². The first-order chi connectivity index (χ1) is 16.0. The summed E-state index contributed by atoms with van der Waals surface area (Å²) in [5, 5.41) is 7.74. The number of aromatic nitrogens is 4. The Morgan fingerprint density at radius 3 is 2.70 bits per heavy atom. The standard InChI is InChI=1S/C23H25N5O4S/c1-4-28-21-20(15(2)26-28)25-23(33-14-19(29)24-12-18-6-5-11-32-18)27(22(21)30)13-16-7-9-17(31-3)10-8-16/h5-11H,4,12-14H2,1-3H3,(H,24,29). The quantitative estimate of drug-likeness (QED) is 0.298. The molecule has 0 aliphatic carbocycles. The number of aryl methyl sites for hydroxylation is 2. The van der Waals surface area contributed by atoms with Gasteiger partial charge >= 0.3 is 0 Å². The molecule has 3 heterocycles. The van der Waals surface area contributed by atoms with Gasteiger partial charge in [0.1, 0.15) is 17.0 Å². The molecule has 4 rings (SSSR count). The Kier molecular flexibility index (Phi) is 6.83. The first-order valence-corrected chi connectivity index (χ1v) is 11.5. The van der Waals surface area contributed by atoms with Gasteiger partial charge in [-0.05, 0) is 43.7 Å². The molecule has 172 valence electrons. The highest BCUT2D eigenvalue weighted by Crippen LogP contribution is 2.21. The molecule has 33 heavy (non-hydrogen) atoms. The zero-order chi connectivity index (χ0) is 23.4. The lowest BCUT2D eigenvalue weighted by atomic mass is 10.2. The summed E-state index contributed by atoms with van der Waals surface area (Å²) in [5.74, 6) is 1.35. The number of nitrogens with one attached hydrogen (secondary N) is 1. The molecular formula is C23H25N5O4S. The van der Waals surface area contributed by atoms with E-state index in [-0.39, 0.29) is 17.2 Å². The number of hydrogen-bond acceptors (Lipinski definition) is 7. The summed E-state index contributed by atoms with van der Waals surface area (Å²) in [6, 6.07) is 11.1. The lowest BCUT2D eigenvalue weighted by Gasteiger charge is -2.13. The van der Waals surface area contributed by atoms with Gasteiger partial charge in [0.25, 0.3) is 5.56 Å². The van der Waals surface area contributed by atoms with E-state index in [0.717, 1.165) is 11.3 Å². The second-order valence-corrected chi connectivity index (χ2v) is 8.32. The van der Waals surface area contributed by atoms with Crippen molar-refractivity contribution in [1.29, 1.82) is 0 Å². The highest BCUT2D eigenvalue weighted by atomic mass is 32.2. The Morgan fingerprint density at radius 2 is 2.03 bits per heavy atom. The van der Waals surface area contributed by atoms with Crippen LogP contribution in [0, 0.1) is 6.92 Å². The Hall–Kier alpha value is -3.53. The number of amides is 1. The normalized spacial score (nSPS) is 11.1. The van der Waals surface area contributed by atoms with Gasteiger partial charge in [0.15, 0.2) is 10.7 Å². The van der Waals surface area contributed by atoms with Crippen LogP contribution in [0.4, 0.5) is 0 Å². The highest BCUT2D eigenvalue weighted by molar-refractivity contribution is 7.99. The average molecular weight is 468 g/mol. The maximum absolute atomic E-state index is 13.5. The third-order valence-electron chi connectivity index (χ3n) is 5.15. The molecule has 1 N–H and O–H groups in total. The van der Waals surface area contributed by atoms with E-state index in [1.165, 1.54) is 11.8 Å². The van der Waals surface area contributed by atoms with Crippen LogP contribution in [0.5, 0.6) is 5.75 Å². The molecule has 0 radical (unpaired) electrons. The first kappa shape index (κ1) is 22.7. The van der Waals surface area contributed by atoms with Crippen LogP contribution in [0.1, 0.15) is 23.9 Å². The summed E-state index contributed by atoms with van der Waals surface area (Å²) >= 11 is 1.22. The second-order valence-electron chi connectivity index (χ2n) is 7.38. The molecule has 1 aromatic carbocycles. The Morgan fingerprint density at radius 1 is 1.24 bits per heavy atom. The first-order valence-electron chi connectivity index (χ1n) is 10.5. The predicted molar refractivity (Wildman–Crippen MR) is 126 cm³/mol. The van der Waals surface area contributed by atoms with Crippen molar-refractivity contribution in [2.75, 3.05) is 12.9 Å². The second kappa shape index (κ2) is 9.95. The lowest BCUT2D eigenvalue weighted by molar-refractivity contribution is -0.118. The number of thioether (sulfide) groups is 1. The van der Waals surface area contributed by atoms with Crippen LogP contribution >= 0.6 is 11.8 Å². The summed E-state index contributed by atoms with van der Waals surface area (Å²) < 4.78 is 13.7. The molecular weight excluding hydrogens is 442 g/mol. The van der Waals surface area contributed by atoms with Gasteiger partial charge in [-0.3, -0.25) is 18.8 Å². The van der Waals surface area contributed by atoms with E-state index >= 15 is 0 Å². The smallest absolute Gasteiger partial charge is 0.280 e. The number of ether oxygens (including phenoxy) is 1. The van der Waals surface area contributed by atoms with E-state index in [0.29, 0.717) is 47.3 Å². The minimum absolute atomic E-state index is 0.113. The Labute approximate surface area is 194 Å². The topological polar surface area (TPSA) is 104 Å². The van der Waals surface area contributed by atoms with Gasteiger partial charge in [0.05, 0.1) is 37.9 Å². The van der Waals surface area contributed by atoms with Crippen LogP contribution in [0.25, 0.3) is 11.0 Å². The third kappa shape index (κ3) is 4.95. The Balaban J connectivity index is 1.63. The third-order valence-corrected chi connectivity index (χ3v) is 6.13. The number of rotatable bonds is 9. The lowest BCUT2D eigenvalue weighted by Crippen LogP contribution is -2.27. The van der Waals surface area contributed by atoms with E-state index < -0.39 is 0 Å². The van der Waals surface area contributed by atoms with Gasteiger partial charge in [-0.15, -0.1) is 0 Å². The van der Waals surface area contributed by atoms with Crippen molar-refractivity contribution in [2.24, 2.45) is 0 Å². The molecule has 0 bridgehead atoms. The summed E-state index contributed by atoms with van der Waals surface area (Å²) in [5.41, 5.74) is 2.45. The molecule has 3 aromatic heterocycles. The number of furan rings is 1.